The molecule has 6 nitrogen and oxygen atoms in total. The molecule has 3 N–H and O–H groups in total. The SMILES string of the molecule is CC(C)(N)CNC(=O)c1ccc(=O)n(-c2ccc(F)cc2)n1. The molecule has 1 aromatic carbocycles. The molecule has 1 amide bonds. The van der Waals surface area contributed by atoms with Crippen molar-refractivity contribution in [2.24, 2.45) is 5.73 Å². The van der Waals surface area contributed by atoms with E-state index < -0.39 is 22.8 Å². The fraction of sp³-hybridized carbons (Fsp3) is 0.267. The van der Waals surface area contributed by atoms with Crippen molar-refractivity contribution in [2.45, 2.75) is 19.4 Å². The summed E-state index contributed by atoms with van der Waals surface area (Å²) in [6.45, 7) is 3.82. The zero-order valence-corrected chi connectivity index (χ0v) is 12.3. The molecule has 0 aliphatic carbocycles. The van der Waals surface area contributed by atoms with Crippen LogP contribution in [0.2, 0.25) is 0 Å². The second-order valence-corrected chi connectivity index (χ2v) is 5.62. The van der Waals surface area contributed by atoms with Gasteiger partial charge in [0.05, 0.1) is 5.69 Å². The topological polar surface area (TPSA) is 90.0 Å². The Kier molecular flexibility index (Phi) is 4.37. The fourth-order valence-corrected chi connectivity index (χ4v) is 1.70. The molecule has 22 heavy (non-hydrogen) atoms. The quantitative estimate of drug-likeness (QED) is 0.876. The minimum atomic E-state index is -0.554. The molecule has 0 saturated heterocycles. The average Bonchev–Trinajstić information content (AvgIpc) is 2.45. The summed E-state index contributed by atoms with van der Waals surface area (Å²) in [6, 6.07) is 7.82. The number of hydrogen-bond acceptors (Lipinski definition) is 4. The molecular weight excluding hydrogens is 287 g/mol. The molecule has 2 rings (SSSR count). The Morgan fingerprint density at radius 1 is 1.27 bits per heavy atom. The van der Waals surface area contributed by atoms with E-state index in [0.717, 1.165) is 4.68 Å². The first-order chi connectivity index (χ1) is 10.3. The molecule has 0 atom stereocenters. The third-order valence-corrected chi connectivity index (χ3v) is 2.81. The molecular formula is C15H17FN4O2. The lowest BCUT2D eigenvalue weighted by atomic mass is 10.1. The van der Waals surface area contributed by atoms with Crippen molar-refractivity contribution in [1.29, 1.82) is 0 Å². The van der Waals surface area contributed by atoms with Crippen molar-refractivity contribution in [3.05, 3.63) is 58.3 Å². The maximum absolute atomic E-state index is 12.9. The fourth-order valence-electron chi connectivity index (χ4n) is 1.70. The molecule has 0 bridgehead atoms. The van der Waals surface area contributed by atoms with Crippen LogP contribution >= 0.6 is 0 Å². The van der Waals surface area contributed by atoms with Crippen molar-refractivity contribution < 1.29 is 9.18 Å². The second-order valence-electron chi connectivity index (χ2n) is 5.62. The van der Waals surface area contributed by atoms with Crippen LogP contribution in [0.1, 0.15) is 24.3 Å². The van der Waals surface area contributed by atoms with E-state index in [0.29, 0.717) is 5.69 Å². The molecule has 0 radical (unpaired) electrons. The predicted octanol–water partition coefficient (Wildman–Crippen LogP) is 0.839. The maximum Gasteiger partial charge on any atom is 0.271 e. The van der Waals surface area contributed by atoms with Crippen molar-refractivity contribution in [3.63, 3.8) is 0 Å². The predicted molar refractivity (Wildman–Crippen MR) is 80.4 cm³/mol. The number of carbonyl (C=O) groups is 1. The molecule has 0 saturated carbocycles. The van der Waals surface area contributed by atoms with Crippen LogP contribution in [-0.2, 0) is 0 Å². The lowest BCUT2D eigenvalue weighted by Gasteiger charge is -2.18. The van der Waals surface area contributed by atoms with Crippen molar-refractivity contribution in [1.82, 2.24) is 15.1 Å². The Hall–Kier alpha value is -2.54. The van der Waals surface area contributed by atoms with Gasteiger partial charge in [-0.15, -0.1) is 0 Å². The molecule has 0 fully saturated rings. The van der Waals surface area contributed by atoms with E-state index in [9.17, 15) is 14.0 Å². The summed E-state index contributed by atoms with van der Waals surface area (Å²) < 4.78 is 14.0. The number of carbonyl (C=O) groups excluding carboxylic acids is 1. The molecule has 1 aromatic heterocycles. The van der Waals surface area contributed by atoms with E-state index in [2.05, 4.69) is 10.4 Å². The highest BCUT2D eigenvalue weighted by atomic mass is 19.1. The molecule has 7 heteroatoms. The third-order valence-electron chi connectivity index (χ3n) is 2.81. The van der Waals surface area contributed by atoms with Crippen LogP contribution < -0.4 is 16.6 Å². The molecule has 0 unspecified atom stereocenters. The van der Waals surface area contributed by atoms with Crippen LogP contribution in [0, 0.1) is 5.82 Å². The van der Waals surface area contributed by atoms with Gasteiger partial charge in [0.1, 0.15) is 11.5 Å². The number of rotatable bonds is 4. The van der Waals surface area contributed by atoms with Crippen molar-refractivity contribution in [2.75, 3.05) is 6.54 Å². The number of halogens is 1. The lowest BCUT2D eigenvalue weighted by molar-refractivity contribution is 0.0939. The van der Waals surface area contributed by atoms with Gasteiger partial charge in [-0.05, 0) is 44.2 Å². The monoisotopic (exact) mass is 304 g/mol. The molecule has 0 aliphatic rings. The number of nitrogens with zero attached hydrogens (tertiary/aromatic N) is 2. The van der Waals surface area contributed by atoms with Gasteiger partial charge in [0.25, 0.3) is 11.5 Å². The Bertz CT molecular complexity index is 732. The second kappa shape index (κ2) is 6.07. The summed E-state index contributed by atoms with van der Waals surface area (Å²) in [6.07, 6.45) is 0. The first-order valence-corrected chi connectivity index (χ1v) is 6.70. The van der Waals surface area contributed by atoms with Crippen LogP contribution in [0.15, 0.2) is 41.2 Å². The molecule has 1 heterocycles. The first-order valence-electron chi connectivity index (χ1n) is 6.70. The highest BCUT2D eigenvalue weighted by Gasteiger charge is 2.15. The van der Waals surface area contributed by atoms with Gasteiger partial charge in [-0.3, -0.25) is 9.59 Å². The molecule has 0 aliphatic heterocycles. The smallest absolute Gasteiger partial charge is 0.271 e. The van der Waals surface area contributed by atoms with Gasteiger partial charge < -0.3 is 11.1 Å². The van der Waals surface area contributed by atoms with Crippen LogP contribution in [0.25, 0.3) is 5.69 Å². The average molecular weight is 304 g/mol. The summed E-state index contributed by atoms with van der Waals surface area (Å²) in [5.74, 6) is -0.856. The summed E-state index contributed by atoms with van der Waals surface area (Å²) in [7, 11) is 0. The van der Waals surface area contributed by atoms with E-state index in [4.69, 9.17) is 5.73 Å². The van der Waals surface area contributed by atoms with Crippen LogP contribution in [-0.4, -0.2) is 27.8 Å². The van der Waals surface area contributed by atoms with Gasteiger partial charge in [0, 0.05) is 18.2 Å². The Balaban J connectivity index is 2.29. The van der Waals surface area contributed by atoms with Gasteiger partial charge in [0.15, 0.2) is 0 Å². The number of nitrogens with one attached hydrogen (secondary N) is 1. The number of hydrogen-bond donors (Lipinski definition) is 2. The molecule has 116 valence electrons. The summed E-state index contributed by atoms with van der Waals surface area (Å²) >= 11 is 0. The van der Waals surface area contributed by atoms with Gasteiger partial charge in [-0.25, -0.2) is 4.39 Å². The number of aromatic nitrogens is 2. The van der Waals surface area contributed by atoms with Crippen LogP contribution in [0.4, 0.5) is 4.39 Å². The highest BCUT2D eigenvalue weighted by Crippen LogP contribution is 2.06. The van der Waals surface area contributed by atoms with Gasteiger partial charge in [-0.1, -0.05) is 0 Å². The molecule has 2 aromatic rings. The first kappa shape index (κ1) is 15.8. The number of amides is 1. The lowest BCUT2D eigenvalue weighted by Crippen LogP contribution is -2.45. The zero-order chi connectivity index (χ0) is 16.3. The Morgan fingerprint density at radius 2 is 1.91 bits per heavy atom. The largest absolute Gasteiger partial charge is 0.349 e. The van der Waals surface area contributed by atoms with Crippen LogP contribution in [0.5, 0.6) is 0 Å². The number of nitrogens with two attached hydrogens (primary N) is 1. The minimum absolute atomic E-state index is 0.0770. The standard InChI is InChI=1S/C15H17FN4O2/c1-15(2,17)9-18-14(22)12-7-8-13(21)20(19-12)11-5-3-10(16)4-6-11/h3-8H,9,17H2,1-2H3,(H,18,22). The summed E-state index contributed by atoms with van der Waals surface area (Å²) in [4.78, 5) is 23.9. The molecule has 0 spiro atoms. The normalized spacial score (nSPS) is 11.3. The number of benzene rings is 1. The van der Waals surface area contributed by atoms with Crippen molar-refractivity contribution in [3.8, 4) is 5.69 Å². The van der Waals surface area contributed by atoms with E-state index in [-0.39, 0.29) is 12.2 Å². The van der Waals surface area contributed by atoms with E-state index in [1.54, 1.807) is 13.8 Å². The van der Waals surface area contributed by atoms with E-state index in [1.807, 2.05) is 0 Å². The maximum atomic E-state index is 12.9. The van der Waals surface area contributed by atoms with Gasteiger partial charge in [-0.2, -0.15) is 9.78 Å². The zero-order valence-electron chi connectivity index (χ0n) is 12.3. The Morgan fingerprint density at radius 3 is 2.50 bits per heavy atom. The van der Waals surface area contributed by atoms with Crippen LogP contribution in [0.3, 0.4) is 0 Å². The third kappa shape index (κ3) is 3.98. The highest BCUT2D eigenvalue weighted by molar-refractivity contribution is 5.92. The summed E-state index contributed by atoms with van der Waals surface area (Å²) in [5.41, 5.74) is 5.28. The Labute approximate surface area is 126 Å². The van der Waals surface area contributed by atoms with Crippen molar-refractivity contribution >= 4 is 5.91 Å². The summed E-state index contributed by atoms with van der Waals surface area (Å²) in [5, 5.41) is 6.65. The van der Waals surface area contributed by atoms with Gasteiger partial charge >= 0.3 is 0 Å². The minimum Gasteiger partial charge on any atom is -0.349 e. The van der Waals surface area contributed by atoms with Gasteiger partial charge in [0.2, 0.25) is 0 Å². The van der Waals surface area contributed by atoms with E-state index in [1.165, 1.54) is 36.4 Å². The van der Waals surface area contributed by atoms with E-state index >= 15 is 0 Å².